The van der Waals surface area contributed by atoms with Gasteiger partial charge in [0.2, 0.25) is 0 Å². The van der Waals surface area contributed by atoms with Gasteiger partial charge in [0.1, 0.15) is 5.75 Å². The van der Waals surface area contributed by atoms with Gasteiger partial charge in [0.25, 0.3) is 0 Å². The molecule has 1 atom stereocenters. The second-order valence-electron chi connectivity index (χ2n) is 5.66. The molecule has 0 heterocycles. The van der Waals surface area contributed by atoms with E-state index in [1.807, 2.05) is 0 Å². The number of aryl methyl sites for hydroxylation is 1. The molecule has 1 heteroatoms. The van der Waals surface area contributed by atoms with Crippen LogP contribution in [0.2, 0.25) is 0 Å². The Hall–Kier alpha value is -1.24. The molecule has 0 aromatic heterocycles. The van der Waals surface area contributed by atoms with E-state index < -0.39 is 0 Å². The zero-order chi connectivity index (χ0) is 15.5. The summed E-state index contributed by atoms with van der Waals surface area (Å²) in [5, 5.41) is 0. The monoisotopic (exact) mass is 288 g/mol. The predicted octanol–water partition coefficient (Wildman–Crippen LogP) is 6.28. The number of hydrogen-bond acceptors (Lipinski definition) is 1. The highest BCUT2D eigenvalue weighted by Crippen LogP contribution is 2.31. The molecule has 118 valence electrons. The van der Waals surface area contributed by atoms with Gasteiger partial charge in [-0.25, -0.2) is 0 Å². The van der Waals surface area contributed by atoms with Crippen LogP contribution in [0.4, 0.5) is 0 Å². The maximum atomic E-state index is 5.78. The van der Waals surface area contributed by atoms with Crippen molar-refractivity contribution in [3.05, 3.63) is 41.5 Å². The maximum absolute atomic E-state index is 5.78. The molecule has 1 rings (SSSR count). The summed E-state index contributed by atoms with van der Waals surface area (Å²) in [5.74, 6) is 1.67. The molecule has 1 aromatic carbocycles. The van der Waals surface area contributed by atoms with Crippen molar-refractivity contribution in [3.63, 3.8) is 0 Å². The van der Waals surface area contributed by atoms with E-state index in [9.17, 15) is 0 Å². The molecule has 0 aliphatic heterocycles. The molecule has 0 radical (unpaired) electrons. The van der Waals surface area contributed by atoms with Gasteiger partial charge in [0, 0.05) is 0 Å². The molecule has 0 spiro atoms. The van der Waals surface area contributed by atoms with Gasteiger partial charge in [-0.05, 0) is 61.3 Å². The van der Waals surface area contributed by atoms with Crippen LogP contribution in [0.3, 0.4) is 0 Å². The second-order valence-corrected chi connectivity index (χ2v) is 5.66. The Morgan fingerprint density at radius 3 is 2.48 bits per heavy atom. The normalized spacial score (nSPS) is 12.8. The van der Waals surface area contributed by atoms with Crippen LogP contribution in [0.5, 0.6) is 5.75 Å². The number of benzene rings is 1. The Balaban J connectivity index is 2.92. The lowest BCUT2D eigenvalue weighted by molar-refractivity contribution is 0.317. The number of hydrogen-bond donors (Lipinski definition) is 0. The fourth-order valence-corrected chi connectivity index (χ4v) is 2.77. The third-order valence-electron chi connectivity index (χ3n) is 3.87. The van der Waals surface area contributed by atoms with Gasteiger partial charge in [-0.15, -0.1) is 0 Å². The van der Waals surface area contributed by atoms with E-state index in [2.05, 4.69) is 58.0 Å². The number of allylic oxidation sites excluding steroid dienone is 2. The third kappa shape index (κ3) is 5.95. The molecule has 0 amide bonds. The molecule has 0 fully saturated rings. The minimum absolute atomic E-state index is 0.646. The van der Waals surface area contributed by atoms with Gasteiger partial charge in [-0.3, -0.25) is 0 Å². The highest BCUT2D eigenvalue weighted by atomic mass is 16.5. The van der Waals surface area contributed by atoms with Gasteiger partial charge in [0.05, 0.1) is 6.61 Å². The summed E-state index contributed by atoms with van der Waals surface area (Å²) < 4.78 is 5.78. The first kappa shape index (κ1) is 17.8. The average Bonchev–Trinajstić information content (AvgIpc) is 2.52. The molecular formula is C20H32O. The number of ether oxygens (including phenoxy) is 1. The second kappa shape index (κ2) is 10.5. The first-order valence-corrected chi connectivity index (χ1v) is 8.67. The molecule has 0 saturated heterocycles. The van der Waals surface area contributed by atoms with Crippen LogP contribution in [0, 0.1) is 0 Å². The molecule has 21 heavy (non-hydrogen) atoms. The van der Waals surface area contributed by atoms with Crippen LogP contribution in [0.15, 0.2) is 30.4 Å². The first-order chi connectivity index (χ1) is 10.3. The van der Waals surface area contributed by atoms with Crippen LogP contribution >= 0.6 is 0 Å². The van der Waals surface area contributed by atoms with Crippen molar-refractivity contribution < 1.29 is 4.74 Å². The lowest BCUT2D eigenvalue weighted by atomic mass is 9.87. The van der Waals surface area contributed by atoms with E-state index in [0.717, 1.165) is 38.0 Å². The quantitative estimate of drug-likeness (QED) is 0.460. The molecule has 1 aromatic rings. The zero-order valence-electron chi connectivity index (χ0n) is 14.3. The van der Waals surface area contributed by atoms with Crippen molar-refractivity contribution in [1.29, 1.82) is 0 Å². The molecular weight excluding hydrogens is 256 g/mol. The van der Waals surface area contributed by atoms with Crippen LogP contribution in [-0.4, -0.2) is 6.61 Å². The van der Waals surface area contributed by atoms with E-state index >= 15 is 0 Å². The molecule has 0 aliphatic rings. The number of rotatable bonds is 10. The summed E-state index contributed by atoms with van der Waals surface area (Å²) in [7, 11) is 0. The van der Waals surface area contributed by atoms with Gasteiger partial charge < -0.3 is 4.74 Å². The summed E-state index contributed by atoms with van der Waals surface area (Å²) in [5.41, 5.74) is 2.97. The van der Waals surface area contributed by atoms with Crippen molar-refractivity contribution in [1.82, 2.24) is 0 Å². The van der Waals surface area contributed by atoms with Gasteiger partial charge in [0.15, 0.2) is 0 Å². The van der Waals surface area contributed by atoms with E-state index in [1.165, 1.54) is 24.0 Å². The topological polar surface area (TPSA) is 9.23 Å². The Bertz CT molecular complexity index is 420. The van der Waals surface area contributed by atoms with Crippen molar-refractivity contribution in [2.45, 2.75) is 72.1 Å². The minimum atomic E-state index is 0.646. The van der Waals surface area contributed by atoms with Gasteiger partial charge >= 0.3 is 0 Å². The van der Waals surface area contributed by atoms with Crippen molar-refractivity contribution in [3.8, 4) is 5.75 Å². The Kier molecular flexibility index (Phi) is 8.89. The minimum Gasteiger partial charge on any atom is -0.494 e. The lowest BCUT2D eigenvalue weighted by Gasteiger charge is -2.19. The van der Waals surface area contributed by atoms with Crippen LogP contribution in [0.25, 0.3) is 0 Å². The Morgan fingerprint density at radius 2 is 1.86 bits per heavy atom. The fraction of sp³-hybridized carbons (Fsp3) is 0.600. The summed E-state index contributed by atoms with van der Waals surface area (Å²) in [6.45, 7) is 9.67. The van der Waals surface area contributed by atoms with Gasteiger partial charge in [-0.1, -0.05) is 52.3 Å². The average molecular weight is 288 g/mol. The maximum Gasteiger partial charge on any atom is 0.119 e. The highest BCUT2D eigenvalue weighted by Gasteiger charge is 2.13. The smallest absolute Gasteiger partial charge is 0.119 e. The van der Waals surface area contributed by atoms with E-state index in [-0.39, 0.29) is 0 Å². The SMILES string of the molecule is CC/C=C\CC(CCC)c1ccc(OCCC)cc1CC. The van der Waals surface area contributed by atoms with Crippen molar-refractivity contribution >= 4 is 0 Å². The van der Waals surface area contributed by atoms with Crippen LogP contribution in [-0.2, 0) is 6.42 Å². The zero-order valence-corrected chi connectivity index (χ0v) is 14.3. The van der Waals surface area contributed by atoms with E-state index in [0.29, 0.717) is 5.92 Å². The Morgan fingerprint density at radius 1 is 1.05 bits per heavy atom. The highest BCUT2D eigenvalue weighted by molar-refractivity contribution is 5.38. The van der Waals surface area contributed by atoms with Crippen LogP contribution in [0.1, 0.15) is 76.8 Å². The predicted molar refractivity (Wildman–Crippen MR) is 93.3 cm³/mol. The Labute approximate surface area is 131 Å². The third-order valence-corrected chi connectivity index (χ3v) is 3.87. The molecule has 0 aliphatic carbocycles. The van der Waals surface area contributed by atoms with E-state index in [1.54, 1.807) is 0 Å². The van der Waals surface area contributed by atoms with Crippen molar-refractivity contribution in [2.75, 3.05) is 6.61 Å². The molecule has 1 unspecified atom stereocenters. The largest absolute Gasteiger partial charge is 0.494 e. The summed E-state index contributed by atoms with van der Waals surface area (Å²) in [6.07, 6.45) is 11.6. The fourth-order valence-electron chi connectivity index (χ4n) is 2.77. The summed E-state index contributed by atoms with van der Waals surface area (Å²) >= 11 is 0. The van der Waals surface area contributed by atoms with Gasteiger partial charge in [-0.2, -0.15) is 0 Å². The van der Waals surface area contributed by atoms with Crippen molar-refractivity contribution in [2.24, 2.45) is 0 Å². The lowest BCUT2D eigenvalue weighted by Crippen LogP contribution is -2.03. The standard InChI is InChI=1S/C20H32O/c1-5-9-10-12-18(11-6-2)20-14-13-19(21-15-7-3)16-17(20)8-4/h9-10,13-14,16,18H,5-8,11-12,15H2,1-4H3/b10-9-. The molecule has 0 saturated carbocycles. The molecule has 0 N–H and O–H groups in total. The summed E-state index contributed by atoms with van der Waals surface area (Å²) in [4.78, 5) is 0. The molecule has 0 bridgehead atoms. The van der Waals surface area contributed by atoms with Crippen LogP contribution < -0.4 is 4.74 Å². The first-order valence-electron chi connectivity index (χ1n) is 8.67. The molecule has 1 nitrogen and oxygen atoms in total. The van der Waals surface area contributed by atoms with E-state index in [4.69, 9.17) is 4.74 Å². The summed E-state index contributed by atoms with van der Waals surface area (Å²) in [6, 6.07) is 6.69.